The number of thiophene rings is 1. The minimum Gasteiger partial charge on any atom is -0.387 e. The van der Waals surface area contributed by atoms with Gasteiger partial charge in [0.1, 0.15) is 5.82 Å². The largest absolute Gasteiger partial charge is 0.387 e. The van der Waals surface area contributed by atoms with E-state index in [0.29, 0.717) is 12.4 Å². The molecule has 84 valence electrons. The van der Waals surface area contributed by atoms with Crippen molar-refractivity contribution in [3.8, 4) is 0 Å². The molecule has 2 aromatic rings. The van der Waals surface area contributed by atoms with Crippen LogP contribution in [0.4, 0.5) is 11.8 Å². The number of anilines is 2. The van der Waals surface area contributed by atoms with Gasteiger partial charge in [0.2, 0.25) is 5.95 Å². The van der Waals surface area contributed by atoms with Gasteiger partial charge in [-0.05, 0) is 28.5 Å². The molecule has 0 radical (unpaired) electrons. The minimum atomic E-state index is -0.539. The molecular formula is C10H12N4OS. The zero-order chi connectivity index (χ0) is 11.4. The third kappa shape index (κ3) is 2.68. The number of aromatic nitrogens is 2. The predicted octanol–water partition coefficient (Wildman–Crippen LogP) is 1.27. The van der Waals surface area contributed by atoms with Gasteiger partial charge >= 0.3 is 0 Å². The van der Waals surface area contributed by atoms with E-state index < -0.39 is 6.10 Å². The molecular weight excluding hydrogens is 224 g/mol. The van der Waals surface area contributed by atoms with Gasteiger partial charge in [-0.1, -0.05) is 0 Å². The summed E-state index contributed by atoms with van der Waals surface area (Å²) in [6.45, 7) is 0.396. The molecule has 0 aromatic carbocycles. The van der Waals surface area contributed by atoms with E-state index >= 15 is 0 Å². The summed E-state index contributed by atoms with van der Waals surface area (Å²) in [6, 6.07) is 3.60. The number of nitrogen functional groups attached to an aromatic ring is 1. The first-order chi connectivity index (χ1) is 7.75. The molecule has 6 heteroatoms. The van der Waals surface area contributed by atoms with Crippen LogP contribution in [0.1, 0.15) is 11.7 Å². The van der Waals surface area contributed by atoms with E-state index in [9.17, 15) is 5.11 Å². The zero-order valence-corrected chi connectivity index (χ0v) is 9.31. The number of nitrogens with zero attached hydrogens (tertiary/aromatic N) is 2. The second-order valence-electron chi connectivity index (χ2n) is 3.25. The van der Waals surface area contributed by atoms with Crippen molar-refractivity contribution in [2.24, 2.45) is 0 Å². The highest BCUT2D eigenvalue weighted by Gasteiger charge is 2.07. The molecule has 0 amide bonds. The average Bonchev–Trinajstić information content (AvgIpc) is 2.79. The Morgan fingerprint density at radius 2 is 2.38 bits per heavy atom. The fourth-order valence-electron chi connectivity index (χ4n) is 1.26. The summed E-state index contributed by atoms with van der Waals surface area (Å²) in [4.78, 5) is 7.76. The Kier molecular flexibility index (Phi) is 3.33. The van der Waals surface area contributed by atoms with Gasteiger partial charge in [0.15, 0.2) is 0 Å². The van der Waals surface area contributed by atoms with Crippen molar-refractivity contribution in [1.82, 2.24) is 9.97 Å². The monoisotopic (exact) mass is 236 g/mol. The van der Waals surface area contributed by atoms with Crippen LogP contribution in [0.3, 0.4) is 0 Å². The number of nitrogens with two attached hydrogens (primary N) is 1. The topological polar surface area (TPSA) is 84.1 Å². The lowest BCUT2D eigenvalue weighted by atomic mass is 10.2. The van der Waals surface area contributed by atoms with Crippen molar-refractivity contribution in [2.75, 3.05) is 17.6 Å². The van der Waals surface area contributed by atoms with Gasteiger partial charge in [0.25, 0.3) is 0 Å². The number of hydrogen-bond donors (Lipinski definition) is 3. The summed E-state index contributed by atoms with van der Waals surface area (Å²) in [7, 11) is 0. The molecule has 1 unspecified atom stereocenters. The van der Waals surface area contributed by atoms with Crippen LogP contribution in [0.2, 0.25) is 0 Å². The summed E-state index contributed by atoms with van der Waals surface area (Å²) in [6.07, 6.45) is 1.03. The molecule has 0 spiro atoms. The molecule has 5 nitrogen and oxygen atoms in total. The minimum absolute atomic E-state index is 0.218. The molecule has 16 heavy (non-hydrogen) atoms. The standard InChI is InChI=1S/C10H12N4OS/c11-10-12-3-1-9(14-10)13-5-8(15)7-2-4-16-6-7/h1-4,6,8,15H,5H2,(H3,11,12,13,14). The van der Waals surface area contributed by atoms with Crippen LogP contribution in [0, 0.1) is 0 Å². The van der Waals surface area contributed by atoms with Crippen molar-refractivity contribution >= 4 is 23.1 Å². The van der Waals surface area contributed by atoms with Crippen molar-refractivity contribution in [3.63, 3.8) is 0 Å². The van der Waals surface area contributed by atoms with Gasteiger partial charge in [-0.3, -0.25) is 0 Å². The number of aliphatic hydroxyl groups is 1. The first kappa shape index (κ1) is 10.8. The smallest absolute Gasteiger partial charge is 0.221 e. The quantitative estimate of drug-likeness (QED) is 0.744. The van der Waals surface area contributed by atoms with Crippen molar-refractivity contribution in [3.05, 3.63) is 34.7 Å². The van der Waals surface area contributed by atoms with Crippen molar-refractivity contribution in [2.45, 2.75) is 6.10 Å². The van der Waals surface area contributed by atoms with Gasteiger partial charge in [0, 0.05) is 12.7 Å². The molecule has 2 rings (SSSR count). The van der Waals surface area contributed by atoms with Gasteiger partial charge in [-0.25, -0.2) is 4.98 Å². The second kappa shape index (κ2) is 4.91. The van der Waals surface area contributed by atoms with Crippen LogP contribution in [0.5, 0.6) is 0 Å². The van der Waals surface area contributed by atoms with Gasteiger partial charge in [0.05, 0.1) is 6.10 Å². The summed E-state index contributed by atoms with van der Waals surface area (Å²) < 4.78 is 0. The number of hydrogen-bond acceptors (Lipinski definition) is 6. The Morgan fingerprint density at radius 1 is 1.50 bits per heavy atom. The summed E-state index contributed by atoms with van der Waals surface area (Å²) in [5.41, 5.74) is 6.34. The van der Waals surface area contributed by atoms with Gasteiger partial charge in [-0.2, -0.15) is 16.3 Å². The summed E-state index contributed by atoms with van der Waals surface area (Å²) in [5, 5.41) is 16.7. The summed E-state index contributed by atoms with van der Waals surface area (Å²) in [5.74, 6) is 0.830. The van der Waals surface area contributed by atoms with E-state index in [1.165, 1.54) is 0 Å². The van der Waals surface area contributed by atoms with E-state index in [2.05, 4.69) is 15.3 Å². The van der Waals surface area contributed by atoms with Crippen molar-refractivity contribution < 1.29 is 5.11 Å². The molecule has 4 N–H and O–H groups in total. The van der Waals surface area contributed by atoms with Crippen LogP contribution in [-0.4, -0.2) is 21.6 Å². The third-order valence-corrected chi connectivity index (χ3v) is 2.78. The highest BCUT2D eigenvalue weighted by molar-refractivity contribution is 7.07. The first-order valence-corrected chi connectivity index (χ1v) is 5.72. The van der Waals surface area contributed by atoms with E-state index in [1.54, 1.807) is 23.6 Å². The number of nitrogens with one attached hydrogen (secondary N) is 1. The van der Waals surface area contributed by atoms with E-state index in [4.69, 9.17) is 5.73 Å². The first-order valence-electron chi connectivity index (χ1n) is 4.78. The third-order valence-electron chi connectivity index (χ3n) is 2.08. The van der Waals surface area contributed by atoms with Gasteiger partial charge < -0.3 is 16.2 Å². The molecule has 0 saturated heterocycles. The maximum Gasteiger partial charge on any atom is 0.221 e. The molecule has 0 fully saturated rings. The van der Waals surface area contributed by atoms with Gasteiger partial charge in [-0.15, -0.1) is 0 Å². The molecule has 1 atom stereocenters. The van der Waals surface area contributed by atoms with E-state index in [0.717, 1.165) is 5.56 Å². The Hall–Kier alpha value is -1.66. The Bertz CT molecular complexity index is 446. The molecule has 0 aliphatic carbocycles. The molecule has 2 aromatic heterocycles. The Balaban J connectivity index is 1.92. The SMILES string of the molecule is Nc1nccc(NCC(O)c2ccsc2)n1. The molecule has 0 bridgehead atoms. The van der Waals surface area contributed by atoms with Crippen LogP contribution >= 0.6 is 11.3 Å². The predicted molar refractivity (Wildman–Crippen MR) is 64.2 cm³/mol. The maximum absolute atomic E-state index is 9.81. The lowest BCUT2D eigenvalue weighted by Gasteiger charge is -2.10. The molecule has 0 aliphatic rings. The second-order valence-corrected chi connectivity index (χ2v) is 4.03. The van der Waals surface area contributed by atoms with Crippen LogP contribution in [0.15, 0.2) is 29.1 Å². The van der Waals surface area contributed by atoms with Crippen LogP contribution in [-0.2, 0) is 0 Å². The molecule has 0 saturated carbocycles. The van der Waals surface area contributed by atoms with Crippen LogP contribution in [0.25, 0.3) is 0 Å². The average molecular weight is 236 g/mol. The Morgan fingerprint density at radius 3 is 3.06 bits per heavy atom. The lowest BCUT2D eigenvalue weighted by Crippen LogP contribution is -2.12. The van der Waals surface area contributed by atoms with Crippen molar-refractivity contribution in [1.29, 1.82) is 0 Å². The number of rotatable bonds is 4. The molecule has 2 heterocycles. The highest BCUT2D eigenvalue weighted by Crippen LogP contribution is 2.16. The highest BCUT2D eigenvalue weighted by atomic mass is 32.1. The summed E-state index contributed by atoms with van der Waals surface area (Å²) >= 11 is 1.56. The number of aliphatic hydroxyl groups excluding tert-OH is 1. The van der Waals surface area contributed by atoms with E-state index in [-0.39, 0.29) is 5.95 Å². The maximum atomic E-state index is 9.81. The lowest BCUT2D eigenvalue weighted by molar-refractivity contribution is 0.192. The fraction of sp³-hybridized carbons (Fsp3) is 0.200. The van der Waals surface area contributed by atoms with E-state index in [1.807, 2.05) is 16.8 Å². The fourth-order valence-corrected chi connectivity index (χ4v) is 1.96. The normalized spacial score (nSPS) is 12.3. The molecule has 0 aliphatic heterocycles. The Labute approximate surface area is 97.0 Å². The van der Waals surface area contributed by atoms with Crippen LogP contribution < -0.4 is 11.1 Å². The zero-order valence-electron chi connectivity index (χ0n) is 8.50.